The molecule has 1 unspecified atom stereocenters. The second-order valence-electron chi connectivity index (χ2n) is 5.11. The number of aromatic nitrogens is 2. The van der Waals surface area contributed by atoms with Crippen LogP contribution in [-0.4, -0.2) is 9.78 Å². The first-order valence-corrected chi connectivity index (χ1v) is 7.65. The topological polar surface area (TPSA) is 55.9 Å². The first-order chi connectivity index (χ1) is 9.97. The zero-order valence-electron chi connectivity index (χ0n) is 12.5. The maximum absolute atomic E-state index is 6.41. The van der Waals surface area contributed by atoms with E-state index in [-0.39, 0.29) is 6.04 Å². The van der Waals surface area contributed by atoms with Crippen molar-refractivity contribution in [3.8, 4) is 0 Å². The number of hydrogen-bond acceptors (Lipinski definition) is 3. The summed E-state index contributed by atoms with van der Waals surface area (Å²) in [4.78, 5) is 0. The van der Waals surface area contributed by atoms with Crippen molar-refractivity contribution in [1.82, 2.24) is 15.2 Å². The van der Waals surface area contributed by atoms with Gasteiger partial charge in [0.1, 0.15) is 0 Å². The van der Waals surface area contributed by atoms with E-state index >= 15 is 0 Å². The van der Waals surface area contributed by atoms with Gasteiger partial charge < -0.3 is 0 Å². The minimum Gasteiger partial charge on any atom is -0.271 e. The van der Waals surface area contributed by atoms with Crippen LogP contribution in [0.1, 0.15) is 35.5 Å². The summed E-state index contributed by atoms with van der Waals surface area (Å²) in [5.41, 5.74) is 6.96. The van der Waals surface area contributed by atoms with Crippen LogP contribution >= 0.6 is 23.2 Å². The summed E-state index contributed by atoms with van der Waals surface area (Å²) in [5, 5.41) is 5.89. The Morgan fingerprint density at radius 1 is 1.38 bits per heavy atom. The molecule has 114 valence electrons. The summed E-state index contributed by atoms with van der Waals surface area (Å²) >= 11 is 12.4. The fourth-order valence-electron chi connectivity index (χ4n) is 2.52. The lowest BCUT2D eigenvalue weighted by Gasteiger charge is -2.19. The molecule has 0 saturated heterocycles. The fraction of sp³-hybridized carbons (Fsp3) is 0.400. The summed E-state index contributed by atoms with van der Waals surface area (Å²) in [6, 6.07) is 5.76. The molecule has 0 radical (unpaired) electrons. The van der Waals surface area contributed by atoms with E-state index in [9.17, 15) is 0 Å². The number of benzene rings is 1. The average molecular weight is 327 g/mol. The van der Waals surface area contributed by atoms with Gasteiger partial charge in [-0.05, 0) is 36.6 Å². The third-order valence-electron chi connectivity index (χ3n) is 3.71. The van der Waals surface area contributed by atoms with Crippen molar-refractivity contribution in [2.75, 3.05) is 0 Å². The lowest BCUT2D eigenvalue weighted by atomic mass is 9.98. The van der Waals surface area contributed by atoms with Gasteiger partial charge in [-0.3, -0.25) is 16.0 Å². The molecule has 0 spiro atoms. The molecule has 0 aliphatic carbocycles. The highest BCUT2D eigenvalue weighted by molar-refractivity contribution is 6.32. The molecule has 0 fully saturated rings. The molecule has 1 aromatic carbocycles. The van der Waals surface area contributed by atoms with Gasteiger partial charge in [0.05, 0.1) is 22.5 Å². The van der Waals surface area contributed by atoms with Crippen molar-refractivity contribution in [1.29, 1.82) is 0 Å². The van der Waals surface area contributed by atoms with E-state index in [2.05, 4.69) is 10.5 Å². The predicted molar refractivity (Wildman–Crippen MR) is 87.6 cm³/mol. The van der Waals surface area contributed by atoms with E-state index in [0.29, 0.717) is 6.42 Å². The number of hydrazine groups is 1. The van der Waals surface area contributed by atoms with E-state index in [1.807, 2.05) is 43.8 Å². The molecule has 1 heterocycles. The molecule has 0 bridgehead atoms. The van der Waals surface area contributed by atoms with Crippen LogP contribution in [0.5, 0.6) is 0 Å². The molecule has 3 N–H and O–H groups in total. The molecule has 4 nitrogen and oxygen atoms in total. The van der Waals surface area contributed by atoms with Crippen LogP contribution in [0.4, 0.5) is 0 Å². The number of nitrogens with two attached hydrogens (primary N) is 1. The van der Waals surface area contributed by atoms with E-state index in [1.165, 1.54) is 0 Å². The third-order valence-corrected chi connectivity index (χ3v) is 4.38. The van der Waals surface area contributed by atoms with Crippen LogP contribution < -0.4 is 11.3 Å². The van der Waals surface area contributed by atoms with Crippen LogP contribution in [0.3, 0.4) is 0 Å². The summed E-state index contributed by atoms with van der Waals surface area (Å²) < 4.78 is 1.83. The predicted octanol–water partition coefficient (Wildman–Crippen LogP) is 3.34. The molecular formula is C15H20Cl2N4. The second kappa shape index (κ2) is 6.79. The van der Waals surface area contributed by atoms with Gasteiger partial charge in [-0.25, -0.2) is 0 Å². The van der Waals surface area contributed by atoms with Gasteiger partial charge in [-0.1, -0.05) is 36.2 Å². The Kier molecular flexibility index (Phi) is 5.27. The monoisotopic (exact) mass is 326 g/mol. The number of rotatable bonds is 5. The fourth-order valence-corrected chi connectivity index (χ4v) is 3.12. The van der Waals surface area contributed by atoms with Crippen molar-refractivity contribution in [3.05, 3.63) is 50.8 Å². The maximum atomic E-state index is 6.41. The van der Waals surface area contributed by atoms with Gasteiger partial charge in [-0.15, -0.1) is 0 Å². The summed E-state index contributed by atoms with van der Waals surface area (Å²) in [6.07, 6.45) is 1.48. The highest BCUT2D eigenvalue weighted by Crippen LogP contribution is 2.28. The SMILES string of the molecule is CCc1nn(C)c(CC(NN)c2ccc(Cl)cc2C)c1Cl. The first kappa shape index (κ1) is 16.3. The Morgan fingerprint density at radius 3 is 2.62 bits per heavy atom. The molecule has 0 aliphatic rings. The van der Waals surface area contributed by atoms with E-state index in [4.69, 9.17) is 29.0 Å². The van der Waals surface area contributed by atoms with Crippen molar-refractivity contribution >= 4 is 23.2 Å². The van der Waals surface area contributed by atoms with Gasteiger partial charge >= 0.3 is 0 Å². The molecule has 2 aromatic rings. The third kappa shape index (κ3) is 3.40. The number of hydrogen-bond donors (Lipinski definition) is 2. The Bertz CT molecular complexity index is 637. The quantitative estimate of drug-likeness (QED) is 0.654. The highest BCUT2D eigenvalue weighted by Gasteiger charge is 2.19. The molecule has 21 heavy (non-hydrogen) atoms. The molecular weight excluding hydrogens is 307 g/mol. The number of halogens is 2. The molecule has 0 amide bonds. The smallest absolute Gasteiger partial charge is 0.0850 e. The van der Waals surface area contributed by atoms with Crippen molar-refractivity contribution in [2.45, 2.75) is 32.7 Å². The van der Waals surface area contributed by atoms with Crippen LogP contribution in [0, 0.1) is 6.92 Å². The Labute approximate surface area is 135 Å². The zero-order chi connectivity index (χ0) is 15.6. The largest absolute Gasteiger partial charge is 0.271 e. The average Bonchev–Trinajstić information content (AvgIpc) is 2.72. The van der Waals surface area contributed by atoms with Crippen molar-refractivity contribution < 1.29 is 0 Å². The Hall–Kier alpha value is -1.07. The minimum absolute atomic E-state index is 0.0418. The van der Waals surface area contributed by atoms with Gasteiger partial charge in [0.2, 0.25) is 0 Å². The lowest BCUT2D eigenvalue weighted by molar-refractivity contribution is 0.528. The van der Waals surface area contributed by atoms with Crippen LogP contribution in [0.25, 0.3) is 0 Å². The Balaban J connectivity index is 2.33. The number of nitrogens with one attached hydrogen (secondary N) is 1. The zero-order valence-corrected chi connectivity index (χ0v) is 14.0. The summed E-state index contributed by atoms with van der Waals surface area (Å²) in [7, 11) is 1.91. The van der Waals surface area contributed by atoms with Crippen LogP contribution in [-0.2, 0) is 19.9 Å². The van der Waals surface area contributed by atoms with Crippen LogP contribution in [0.2, 0.25) is 10.0 Å². The van der Waals surface area contributed by atoms with E-state index in [1.54, 1.807) is 0 Å². The molecule has 1 aromatic heterocycles. The number of aryl methyl sites for hydroxylation is 3. The molecule has 2 rings (SSSR count). The van der Waals surface area contributed by atoms with Gasteiger partial charge in [0.15, 0.2) is 0 Å². The molecule has 6 heteroatoms. The normalized spacial score (nSPS) is 12.7. The van der Waals surface area contributed by atoms with Crippen molar-refractivity contribution in [2.24, 2.45) is 12.9 Å². The first-order valence-electron chi connectivity index (χ1n) is 6.90. The maximum Gasteiger partial charge on any atom is 0.0850 e. The van der Waals surface area contributed by atoms with E-state index in [0.717, 1.165) is 39.0 Å². The van der Waals surface area contributed by atoms with E-state index < -0.39 is 0 Å². The highest BCUT2D eigenvalue weighted by atomic mass is 35.5. The van der Waals surface area contributed by atoms with Gasteiger partial charge in [-0.2, -0.15) is 5.10 Å². The summed E-state index contributed by atoms with van der Waals surface area (Å²) in [6.45, 7) is 4.06. The Morgan fingerprint density at radius 2 is 2.10 bits per heavy atom. The molecule has 0 saturated carbocycles. The number of nitrogens with zero attached hydrogens (tertiary/aromatic N) is 2. The van der Waals surface area contributed by atoms with Gasteiger partial charge in [0, 0.05) is 18.5 Å². The van der Waals surface area contributed by atoms with Gasteiger partial charge in [0.25, 0.3) is 0 Å². The lowest BCUT2D eigenvalue weighted by Crippen LogP contribution is -2.30. The van der Waals surface area contributed by atoms with Crippen LogP contribution in [0.15, 0.2) is 18.2 Å². The minimum atomic E-state index is -0.0418. The standard InChI is InChI=1S/C15H20Cl2N4/c1-4-12-15(17)14(21(3)20-12)8-13(19-18)11-6-5-10(16)7-9(11)2/h5-7,13,19H,4,8,18H2,1-3H3. The molecule has 1 atom stereocenters. The molecule has 0 aliphatic heterocycles. The van der Waals surface area contributed by atoms with Crippen molar-refractivity contribution in [3.63, 3.8) is 0 Å². The summed E-state index contributed by atoms with van der Waals surface area (Å²) in [5.74, 6) is 5.74. The second-order valence-corrected chi connectivity index (χ2v) is 5.92.